The summed E-state index contributed by atoms with van der Waals surface area (Å²) in [6, 6.07) is 0. The van der Waals surface area contributed by atoms with E-state index in [1.165, 1.54) is 12.2 Å². The zero-order chi connectivity index (χ0) is 6.41. The maximum Gasteiger partial charge on any atom is 0.00883 e. The molecule has 0 aromatic rings. The first-order chi connectivity index (χ1) is 3.77. The Hall–Kier alpha value is 0.660. The molecule has 0 fully saturated rings. The number of thiol groups is 1. The van der Waals surface area contributed by atoms with Gasteiger partial charge in [-0.3, -0.25) is 4.31 Å². The normalized spacial score (nSPS) is 10.5. The van der Waals surface area contributed by atoms with Crippen molar-refractivity contribution < 1.29 is 0 Å². The average Bonchev–Trinajstić information content (AvgIpc) is 1.66. The summed E-state index contributed by atoms with van der Waals surface area (Å²) in [6.45, 7) is 0. The van der Waals surface area contributed by atoms with Gasteiger partial charge in [0.1, 0.15) is 0 Å². The first-order valence-corrected chi connectivity index (χ1v) is 4.26. The van der Waals surface area contributed by atoms with E-state index in [2.05, 4.69) is 31.0 Å². The lowest BCUT2D eigenvalue weighted by Gasteiger charge is -2.05. The molecule has 0 aliphatic heterocycles. The van der Waals surface area contributed by atoms with Gasteiger partial charge in [-0.2, -0.15) is 12.6 Å². The zero-order valence-electron chi connectivity index (χ0n) is 5.42. The van der Waals surface area contributed by atoms with Crippen molar-refractivity contribution in [3.8, 4) is 0 Å². The second kappa shape index (κ2) is 5.79. The molecule has 0 aromatic heterocycles. The molecule has 0 unspecified atom stereocenters. The van der Waals surface area contributed by atoms with Crippen LogP contribution in [-0.4, -0.2) is 29.9 Å². The Morgan fingerprint density at radius 3 is 2.50 bits per heavy atom. The van der Waals surface area contributed by atoms with E-state index in [9.17, 15) is 0 Å². The van der Waals surface area contributed by atoms with Gasteiger partial charge in [0.2, 0.25) is 0 Å². The molecule has 0 radical (unpaired) electrons. The minimum absolute atomic E-state index is 1.00. The van der Waals surface area contributed by atoms with Gasteiger partial charge in [-0.1, -0.05) is 11.9 Å². The molecule has 0 bridgehead atoms. The molecule has 0 atom stereocenters. The predicted octanol–water partition coefficient (Wildman–Crippen LogP) is 1.52. The fourth-order valence-corrected chi connectivity index (χ4v) is 1.32. The van der Waals surface area contributed by atoms with E-state index in [-0.39, 0.29) is 0 Å². The second-order valence-electron chi connectivity index (χ2n) is 1.72. The molecular weight excluding hydrogens is 138 g/mol. The molecule has 0 aliphatic rings. The zero-order valence-corrected chi connectivity index (χ0v) is 7.13. The minimum Gasteiger partial charge on any atom is -0.257 e. The quantitative estimate of drug-likeness (QED) is 0.369. The van der Waals surface area contributed by atoms with Crippen LogP contribution in [0, 0.1) is 0 Å². The number of hydrogen-bond acceptors (Lipinski definition) is 3. The molecule has 0 aromatic carbocycles. The van der Waals surface area contributed by atoms with Crippen molar-refractivity contribution in [2.45, 2.75) is 6.42 Å². The highest BCUT2D eigenvalue weighted by molar-refractivity contribution is 7.97. The van der Waals surface area contributed by atoms with Crippen molar-refractivity contribution in [1.82, 2.24) is 4.31 Å². The lowest BCUT2D eigenvalue weighted by Crippen LogP contribution is -2.00. The standard InChI is InChI=1S/C5H13NS2/c1-6(2)8-5-3-4-7/h7H,3-5H2,1-2H3. The van der Waals surface area contributed by atoms with Crippen molar-refractivity contribution in [1.29, 1.82) is 0 Å². The third-order valence-electron chi connectivity index (χ3n) is 0.652. The highest BCUT2D eigenvalue weighted by Crippen LogP contribution is 2.04. The molecule has 0 amide bonds. The Labute approximate surface area is 61.4 Å². The molecule has 0 N–H and O–H groups in total. The molecule has 0 aliphatic carbocycles. The van der Waals surface area contributed by atoms with E-state index in [1.54, 1.807) is 0 Å². The van der Waals surface area contributed by atoms with Crippen LogP contribution in [0.2, 0.25) is 0 Å². The molecule has 8 heavy (non-hydrogen) atoms. The van der Waals surface area contributed by atoms with Crippen LogP contribution in [-0.2, 0) is 0 Å². The van der Waals surface area contributed by atoms with Crippen molar-refractivity contribution in [2.75, 3.05) is 25.6 Å². The second-order valence-corrected chi connectivity index (χ2v) is 3.57. The van der Waals surface area contributed by atoms with E-state index in [0.29, 0.717) is 0 Å². The lowest BCUT2D eigenvalue weighted by molar-refractivity contribution is 0.701. The number of rotatable bonds is 4. The van der Waals surface area contributed by atoms with E-state index < -0.39 is 0 Å². The van der Waals surface area contributed by atoms with E-state index in [0.717, 1.165) is 5.75 Å². The van der Waals surface area contributed by atoms with Crippen LogP contribution in [0.4, 0.5) is 0 Å². The van der Waals surface area contributed by atoms with Crippen LogP contribution in [0.15, 0.2) is 0 Å². The Morgan fingerprint density at radius 2 is 2.12 bits per heavy atom. The molecule has 50 valence electrons. The predicted molar refractivity (Wildman–Crippen MR) is 44.6 cm³/mol. The summed E-state index contributed by atoms with van der Waals surface area (Å²) >= 11 is 5.93. The van der Waals surface area contributed by atoms with Gasteiger partial charge in [-0.15, -0.1) is 0 Å². The fraction of sp³-hybridized carbons (Fsp3) is 1.00. The minimum atomic E-state index is 1.00. The lowest BCUT2D eigenvalue weighted by atomic mass is 10.6. The van der Waals surface area contributed by atoms with Crippen LogP contribution in [0.3, 0.4) is 0 Å². The molecular formula is C5H13NS2. The Balaban J connectivity index is 2.72. The molecule has 0 heterocycles. The molecule has 1 nitrogen and oxygen atoms in total. The van der Waals surface area contributed by atoms with Gasteiger partial charge < -0.3 is 0 Å². The highest BCUT2D eigenvalue weighted by atomic mass is 32.2. The third-order valence-corrected chi connectivity index (χ3v) is 1.96. The molecule has 0 saturated carbocycles. The van der Waals surface area contributed by atoms with Crippen LogP contribution < -0.4 is 0 Å². The Kier molecular flexibility index (Phi) is 6.27. The van der Waals surface area contributed by atoms with Crippen molar-refractivity contribution in [2.24, 2.45) is 0 Å². The first kappa shape index (κ1) is 8.66. The SMILES string of the molecule is CN(C)SCCCS. The van der Waals surface area contributed by atoms with Crippen LogP contribution in [0.1, 0.15) is 6.42 Å². The fourth-order valence-electron chi connectivity index (χ4n) is 0.312. The monoisotopic (exact) mass is 151 g/mol. The first-order valence-electron chi connectivity index (χ1n) is 2.68. The summed E-state index contributed by atoms with van der Waals surface area (Å²) in [5, 5.41) is 0. The summed E-state index contributed by atoms with van der Waals surface area (Å²) in [4.78, 5) is 0. The van der Waals surface area contributed by atoms with Crippen LogP contribution in [0.25, 0.3) is 0 Å². The third kappa shape index (κ3) is 6.66. The van der Waals surface area contributed by atoms with Gasteiger partial charge in [0.05, 0.1) is 0 Å². The summed E-state index contributed by atoms with van der Waals surface area (Å²) in [5.74, 6) is 2.19. The topological polar surface area (TPSA) is 3.24 Å². The molecule has 0 rings (SSSR count). The highest BCUT2D eigenvalue weighted by Gasteiger charge is 1.87. The average molecular weight is 151 g/mol. The maximum absolute atomic E-state index is 4.09. The van der Waals surface area contributed by atoms with Crippen LogP contribution in [0.5, 0.6) is 0 Å². The van der Waals surface area contributed by atoms with E-state index in [4.69, 9.17) is 0 Å². The maximum atomic E-state index is 4.09. The van der Waals surface area contributed by atoms with Gasteiger partial charge in [-0.05, 0) is 26.3 Å². The summed E-state index contributed by atoms with van der Waals surface area (Å²) in [7, 11) is 4.12. The number of nitrogens with zero attached hydrogens (tertiary/aromatic N) is 1. The molecule has 3 heteroatoms. The van der Waals surface area contributed by atoms with E-state index in [1.807, 2.05) is 11.9 Å². The summed E-state index contributed by atoms with van der Waals surface area (Å²) in [5.41, 5.74) is 0. The molecule has 0 saturated heterocycles. The van der Waals surface area contributed by atoms with Gasteiger partial charge >= 0.3 is 0 Å². The number of hydrogen-bond donors (Lipinski definition) is 1. The Bertz CT molecular complexity index is 47.7. The van der Waals surface area contributed by atoms with Gasteiger partial charge in [-0.25, -0.2) is 0 Å². The summed E-state index contributed by atoms with van der Waals surface area (Å²) < 4.78 is 2.11. The summed E-state index contributed by atoms with van der Waals surface area (Å²) in [6.07, 6.45) is 1.20. The van der Waals surface area contributed by atoms with Crippen molar-refractivity contribution in [3.05, 3.63) is 0 Å². The largest absolute Gasteiger partial charge is 0.257 e. The molecule has 0 spiro atoms. The van der Waals surface area contributed by atoms with E-state index >= 15 is 0 Å². The smallest absolute Gasteiger partial charge is 0.00883 e. The van der Waals surface area contributed by atoms with Crippen LogP contribution >= 0.6 is 24.6 Å². The van der Waals surface area contributed by atoms with Crippen molar-refractivity contribution in [3.63, 3.8) is 0 Å². The van der Waals surface area contributed by atoms with Crippen molar-refractivity contribution >= 4 is 24.6 Å². The van der Waals surface area contributed by atoms with Gasteiger partial charge in [0.25, 0.3) is 0 Å². The Morgan fingerprint density at radius 1 is 1.50 bits per heavy atom. The van der Waals surface area contributed by atoms with Gasteiger partial charge in [0.15, 0.2) is 0 Å². The van der Waals surface area contributed by atoms with Gasteiger partial charge in [0, 0.05) is 5.75 Å².